The Morgan fingerprint density at radius 1 is 0.561 bits per heavy atom. The zero-order chi connectivity index (χ0) is 30.4. The Balaban J connectivity index is 4.09. The molecule has 0 aliphatic heterocycles. The van der Waals surface area contributed by atoms with Crippen molar-refractivity contribution in [1.82, 2.24) is 0 Å². The molecular weight excluding hydrogens is 516 g/mol. The van der Waals surface area contributed by atoms with Crippen LogP contribution in [0.15, 0.2) is 0 Å². The van der Waals surface area contributed by atoms with Crippen molar-refractivity contribution in [2.75, 3.05) is 19.8 Å². The summed E-state index contributed by atoms with van der Waals surface area (Å²) in [6, 6.07) is 0. The Bertz CT molecular complexity index is 591. The molecule has 1 atom stereocenters. The van der Waals surface area contributed by atoms with E-state index in [0.29, 0.717) is 12.8 Å². The van der Waals surface area contributed by atoms with Crippen LogP contribution in [-0.4, -0.2) is 48.6 Å². The third-order valence-electron chi connectivity index (χ3n) is 7.74. The molecule has 0 bridgehead atoms. The zero-order valence-corrected chi connectivity index (χ0v) is 27.7. The molecule has 6 heteroatoms. The molecule has 0 aliphatic carbocycles. The second-order valence-electron chi connectivity index (χ2n) is 12.6. The van der Waals surface area contributed by atoms with E-state index in [2.05, 4.69) is 13.8 Å². The molecule has 0 aromatic rings. The van der Waals surface area contributed by atoms with E-state index in [0.717, 1.165) is 38.5 Å². The van der Waals surface area contributed by atoms with Gasteiger partial charge in [-0.25, -0.2) is 0 Å². The molecule has 0 saturated carbocycles. The maximum atomic E-state index is 12.5. The standard InChI is InChI=1S/C35H68O6/c1-5-7-9-11-13-15-17-19-21-23-25-27-33(37)39-29-32(30-40-35(3,4)31-36)41-34(38)28-26-24-22-20-18-16-14-12-10-8-6-2/h32,36H,5-31H2,1-4H3/t32-/m1/s1. The summed E-state index contributed by atoms with van der Waals surface area (Å²) in [5.74, 6) is -0.536. The smallest absolute Gasteiger partial charge is 0.306 e. The van der Waals surface area contributed by atoms with Gasteiger partial charge < -0.3 is 19.3 Å². The molecule has 0 rings (SSSR count). The van der Waals surface area contributed by atoms with E-state index in [1.54, 1.807) is 13.8 Å². The highest BCUT2D eigenvalue weighted by Gasteiger charge is 2.23. The van der Waals surface area contributed by atoms with Crippen molar-refractivity contribution in [3.8, 4) is 0 Å². The van der Waals surface area contributed by atoms with Gasteiger partial charge in [0.05, 0.1) is 18.8 Å². The first-order valence-electron chi connectivity index (χ1n) is 17.4. The number of carbonyl (C=O) groups is 2. The highest BCUT2D eigenvalue weighted by molar-refractivity contribution is 5.70. The first-order chi connectivity index (χ1) is 19.8. The van der Waals surface area contributed by atoms with Gasteiger partial charge >= 0.3 is 11.9 Å². The van der Waals surface area contributed by atoms with Crippen LogP contribution in [0.1, 0.15) is 182 Å². The second kappa shape index (κ2) is 29.0. The molecule has 0 heterocycles. The van der Waals surface area contributed by atoms with E-state index in [1.807, 2.05) is 0 Å². The number of aliphatic hydroxyl groups excluding tert-OH is 1. The van der Waals surface area contributed by atoms with E-state index in [4.69, 9.17) is 14.2 Å². The first-order valence-corrected chi connectivity index (χ1v) is 17.4. The Kier molecular flexibility index (Phi) is 28.2. The summed E-state index contributed by atoms with van der Waals surface area (Å²) in [6.07, 6.45) is 27.2. The number of aliphatic hydroxyl groups is 1. The number of rotatable bonds is 31. The largest absolute Gasteiger partial charge is 0.462 e. The van der Waals surface area contributed by atoms with Crippen LogP contribution in [0.3, 0.4) is 0 Å². The van der Waals surface area contributed by atoms with Gasteiger partial charge in [-0.05, 0) is 26.7 Å². The summed E-state index contributed by atoms with van der Waals surface area (Å²) in [6.45, 7) is 7.97. The molecule has 0 aromatic carbocycles. The van der Waals surface area contributed by atoms with Crippen LogP contribution in [0.25, 0.3) is 0 Å². The van der Waals surface area contributed by atoms with Crippen molar-refractivity contribution in [3.05, 3.63) is 0 Å². The van der Waals surface area contributed by atoms with Crippen molar-refractivity contribution in [3.63, 3.8) is 0 Å². The zero-order valence-electron chi connectivity index (χ0n) is 27.7. The molecule has 0 fully saturated rings. The van der Waals surface area contributed by atoms with Gasteiger partial charge in [0.25, 0.3) is 0 Å². The molecule has 0 spiro atoms. The fraction of sp³-hybridized carbons (Fsp3) is 0.943. The fourth-order valence-electron chi connectivity index (χ4n) is 4.85. The number of ether oxygens (including phenoxy) is 3. The van der Waals surface area contributed by atoms with E-state index in [-0.39, 0.29) is 31.8 Å². The molecule has 0 amide bonds. The van der Waals surface area contributed by atoms with Gasteiger partial charge in [-0.2, -0.15) is 0 Å². The Morgan fingerprint density at radius 3 is 1.32 bits per heavy atom. The average Bonchev–Trinajstić information content (AvgIpc) is 2.96. The quantitative estimate of drug-likeness (QED) is 0.0645. The number of hydrogen-bond acceptors (Lipinski definition) is 6. The van der Waals surface area contributed by atoms with E-state index in [9.17, 15) is 14.7 Å². The van der Waals surface area contributed by atoms with E-state index < -0.39 is 11.7 Å². The minimum absolute atomic E-state index is 0.0115. The Labute approximate surface area is 254 Å². The lowest BCUT2D eigenvalue weighted by atomic mass is 10.1. The Hall–Kier alpha value is -1.14. The molecule has 6 nitrogen and oxygen atoms in total. The summed E-state index contributed by atoms with van der Waals surface area (Å²) >= 11 is 0. The van der Waals surface area contributed by atoms with Crippen LogP contribution in [0.4, 0.5) is 0 Å². The highest BCUT2D eigenvalue weighted by Crippen LogP contribution is 2.15. The minimum atomic E-state index is -0.750. The molecule has 0 unspecified atom stereocenters. The van der Waals surface area contributed by atoms with Gasteiger partial charge in [0.15, 0.2) is 6.10 Å². The van der Waals surface area contributed by atoms with Crippen LogP contribution in [0.5, 0.6) is 0 Å². The lowest BCUT2D eigenvalue weighted by Gasteiger charge is -2.26. The van der Waals surface area contributed by atoms with Gasteiger partial charge in [-0.3, -0.25) is 9.59 Å². The van der Waals surface area contributed by atoms with Gasteiger partial charge in [-0.1, -0.05) is 142 Å². The van der Waals surface area contributed by atoms with Crippen LogP contribution in [0, 0.1) is 0 Å². The number of hydrogen-bond donors (Lipinski definition) is 1. The maximum Gasteiger partial charge on any atom is 0.306 e. The first kappa shape index (κ1) is 39.9. The molecule has 0 aromatic heterocycles. The molecule has 0 radical (unpaired) electrons. The van der Waals surface area contributed by atoms with E-state index >= 15 is 0 Å². The summed E-state index contributed by atoms with van der Waals surface area (Å²) in [4.78, 5) is 24.8. The second-order valence-corrected chi connectivity index (χ2v) is 12.6. The molecule has 1 N–H and O–H groups in total. The average molecular weight is 585 g/mol. The van der Waals surface area contributed by atoms with Gasteiger partial charge in [0.2, 0.25) is 0 Å². The topological polar surface area (TPSA) is 82.1 Å². The molecule has 0 saturated heterocycles. The Morgan fingerprint density at radius 2 is 0.927 bits per heavy atom. The lowest BCUT2D eigenvalue weighted by molar-refractivity contribution is -0.168. The van der Waals surface area contributed by atoms with Crippen molar-refractivity contribution in [2.24, 2.45) is 0 Å². The monoisotopic (exact) mass is 585 g/mol. The predicted molar refractivity (Wildman–Crippen MR) is 170 cm³/mol. The van der Waals surface area contributed by atoms with Crippen LogP contribution in [-0.2, 0) is 23.8 Å². The predicted octanol–water partition coefficient (Wildman–Crippen LogP) is 9.63. The summed E-state index contributed by atoms with van der Waals surface area (Å²) < 4.78 is 16.8. The summed E-state index contributed by atoms with van der Waals surface area (Å²) in [7, 11) is 0. The van der Waals surface area contributed by atoms with Gasteiger partial charge in [0.1, 0.15) is 6.61 Å². The van der Waals surface area contributed by atoms with Crippen molar-refractivity contribution < 1.29 is 28.9 Å². The SMILES string of the molecule is CCCCCCCCCCCCCC(=O)OC[C@H](COC(C)(C)CO)OC(=O)CCCCCCCCCCCCC. The maximum absolute atomic E-state index is 12.5. The number of esters is 2. The molecule has 244 valence electrons. The normalized spacial score (nSPS) is 12.4. The fourth-order valence-corrected chi connectivity index (χ4v) is 4.85. The van der Waals surface area contributed by atoms with Crippen molar-refractivity contribution >= 4 is 11.9 Å². The van der Waals surface area contributed by atoms with Crippen LogP contribution in [0.2, 0.25) is 0 Å². The summed E-state index contributed by atoms with van der Waals surface area (Å²) in [5, 5.41) is 9.49. The molecular formula is C35H68O6. The van der Waals surface area contributed by atoms with Crippen LogP contribution < -0.4 is 0 Å². The van der Waals surface area contributed by atoms with E-state index in [1.165, 1.54) is 103 Å². The van der Waals surface area contributed by atoms with Gasteiger partial charge in [0, 0.05) is 12.8 Å². The third kappa shape index (κ3) is 28.7. The number of carbonyl (C=O) groups excluding carboxylic acids is 2. The third-order valence-corrected chi connectivity index (χ3v) is 7.74. The minimum Gasteiger partial charge on any atom is -0.462 e. The van der Waals surface area contributed by atoms with Gasteiger partial charge in [-0.15, -0.1) is 0 Å². The number of unbranched alkanes of at least 4 members (excludes halogenated alkanes) is 20. The van der Waals surface area contributed by atoms with Crippen molar-refractivity contribution in [2.45, 2.75) is 193 Å². The van der Waals surface area contributed by atoms with Crippen molar-refractivity contribution in [1.29, 1.82) is 0 Å². The highest BCUT2D eigenvalue weighted by atomic mass is 16.6. The lowest BCUT2D eigenvalue weighted by Crippen LogP contribution is -2.36. The van der Waals surface area contributed by atoms with Crippen LogP contribution >= 0.6 is 0 Å². The molecule has 41 heavy (non-hydrogen) atoms. The molecule has 0 aliphatic rings. The summed E-state index contributed by atoms with van der Waals surface area (Å²) in [5.41, 5.74) is -0.750.